The second-order valence-electron chi connectivity index (χ2n) is 8.79. The van der Waals surface area contributed by atoms with Crippen LogP contribution in [0.1, 0.15) is 54.1 Å². The van der Waals surface area contributed by atoms with E-state index >= 15 is 0 Å². The van der Waals surface area contributed by atoms with Crippen molar-refractivity contribution in [3.63, 3.8) is 0 Å². The number of nitrogens with two attached hydrogens (primary N) is 1. The number of carbonyl (C=O) groups is 3. The zero-order valence-electron chi connectivity index (χ0n) is 21.2. The molecule has 0 aliphatic heterocycles. The minimum absolute atomic E-state index is 0. The van der Waals surface area contributed by atoms with Gasteiger partial charge in [0.15, 0.2) is 11.6 Å². The van der Waals surface area contributed by atoms with Gasteiger partial charge in [0.1, 0.15) is 10.8 Å². The number of aryl methyl sites for hydroxylation is 2. The summed E-state index contributed by atoms with van der Waals surface area (Å²) in [6.45, 7) is 5.70. The second kappa shape index (κ2) is 11.2. The maximum absolute atomic E-state index is 13.6. The largest absolute Gasteiger partial charge is 0.397 e. The Hall–Kier alpha value is -2.73. The normalized spacial score (nSPS) is 12.3. The molecule has 4 rings (SSSR count). The van der Waals surface area contributed by atoms with Crippen LogP contribution >= 0.6 is 11.6 Å². The summed E-state index contributed by atoms with van der Waals surface area (Å²) in [5.74, 6) is -1.68. The minimum Gasteiger partial charge on any atom is -0.397 e. The first-order valence-electron chi connectivity index (χ1n) is 11.2. The van der Waals surface area contributed by atoms with Crippen molar-refractivity contribution in [3.8, 4) is 0 Å². The molecule has 0 saturated heterocycles. The number of nitrogens with one attached hydrogen (secondary N) is 2. The maximum atomic E-state index is 13.6. The van der Waals surface area contributed by atoms with E-state index in [1.165, 1.54) is 12.1 Å². The van der Waals surface area contributed by atoms with E-state index in [9.17, 15) is 27.4 Å². The van der Waals surface area contributed by atoms with Gasteiger partial charge in [-0.2, -0.15) is 8.42 Å². The number of hydrogen-bond donors (Lipinski definition) is 4. The van der Waals surface area contributed by atoms with Gasteiger partial charge in [-0.05, 0) is 49.1 Å². The summed E-state index contributed by atoms with van der Waals surface area (Å²) >= 11 is 5.59. The first-order valence-corrected chi connectivity index (χ1v) is 13.2. The summed E-state index contributed by atoms with van der Waals surface area (Å²) in [6.07, 6.45) is 0. The molecule has 3 aromatic rings. The van der Waals surface area contributed by atoms with Gasteiger partial charge in [0.25, 0.3) is 10.1 Å². The van der Waals surface area contributed by atoms with Crippen molar-refractivity contribution < 1.29 is 27.4 Å². The van der Waals surface area contributed by atoms with Gasteiger partial charge >= 0.3 is 0 Å². The van der Waals surface area contributed by atoms with Gasteiger partial charge in [-0.3, -0.25) is 18.9 Å². The molecule has 0 unspecified atom stereocenters. The molecule has 1 aliphatic rings. The second-order valence-corrected chi connectivity index (χ2v) is 10.4. The number of hydrogen-bond acceptors (Lipinski definition) is 7. The molecule has 0 fully saturated rings. The van der Waals surface area contributed by atoms with Crippen LogP contribution in [-0.2, 0) is 21.5 Å². The molecular formula is C26H24ClN3NaO6S. The number of amides is 1. The van der Waals surface area contributed by atoms with Crippen molar-refractivity contribution in [2.75, 3.05) is 16.9 Å². The standard InChI is InChI=1S/C26H24ClN3O6S.Na/c1-12-8-13(2)24(14(3)17(12)11-29-20(31)10-27)30-18-9-19(37(34,35)36)23(28)22-21(18)25(32)15-6-4-5-7-16(15)26(22)33;/h4-9,30H,10-11,28H2,1-3H3,(H,29,31)(H,34,35,36);. The van der Waals surface area contributed by atoms with E-state index < -0.39 is 32.3 Å². The molecule has 12 heteroatoms. The van der Waals surface area contributed by atoms with Gasteiger partial charge in [-0.25, -0.2) is 0 Å². The summed E-state index contributed by atoms with van der Waals surface area (Å²) in [5, 5.41) is 5.84. The molecule has 0 atom stereocenters. The van der Waals surface area contributed by atoms with Crippen LogP contribution in [0.3, 0.4) is 0 Å². The number of halogens is 1. The Labute approximate surface area is 247 Å². The van der Waals surface area contributed by atoms with Crippen LogP contribution in [0.4, 0.5) is 17.1 Å². The summed E-state index contributed by atoms with van der Waals surface area (Å²) < 4.78 is 34.2. The van der Waals surface area contributed by atoms with Gasteiger partial charge in [-0.15, -0.1) is 11.6 Å². The smallest absolute Gasteiger partial charge is 0.296 e. The molecule has 0 aromatic heterocycles. The third kappa shape index (κ3) is 5.25. The van der Waals surface area contributed by atoms with Crippen molar-refractivity contribution in [1.82, 2.24) is 5.32 Å². The van der Waals surface area contributed by atoms with E-state index in [1.54, 1.807) is 19.1 Å². The Balaban J connectivity index is 0.00000400. The van der Waals surface area contributed by atoms with Gasteiger partial charge in [0.05, 0.1) is 22.5 Å². The molecule has 0 bridgehead atoms. The van der Waals surface area contributed by atoms with E-state index in [0.29, 0.717) is 5.69 Å². The molecule has 5 N–H and O–H groups in total. The first kappa shape index (κ1) is 29.8. The van der Waals surface area contributed by atoms with Gasteiger partial charge in [0, 0.05) is 52.9 Å². The fourth-order valence-corrected chi connectivity index (χ4v) is 5.41. The SMILES string of the molecule is Cc1cc(C)c(Nc2cc(S(=O)(=O)O)c(N)c3c2C(=O)c2ccccc2C3=O)c(C)c1CNC(=O)CCl.[Na]. The number of alkyl halides is 1. The monoisotopic (exact) mass is 564 g/mol. The molecule has 1 aliphatic carbocycles. The number of anilines is 3. The summed E-state index contributed by atoms with van der Waals surface area (Å²) in [6, 6.07) is 9.09. The predicted octanol–water partition coefficient (Wildman–Crippen LogP) is 3.43. The molecule has 3 aromatic carbocycles. The van der Waals surface area contributed by atoms with Gasteiger partial charge in [-0.1, -0.05) is 30.3 Å². The van der Waals surface area contributed by atoms with E-state index in [1.807, 2.05) is 19.9 Å². The van der Waals surface area contributed by atoms with Crippen LogP contribution in [0.25, 0.3) is 0 Å². The molecular weight excluding hydrogens is 541 g/mol. The average Bonchev–Trinajstić information content (AvgIpc) is 2.84. The Morgan fingerprint density at radius 1 is 1.00 bits per heavy atom. The van der Waals surface area contributed by atoms with Crippen LogP contribution in [0.15, 0.2) is 41.3 Å². The average molecular weight is 565 g/mol. The number of benzene rings is 3. The summed E-state index contributed by atoms with van der Waals surface area (Å²) in [5.41, 5.74) is 9.12. The van der Waals surface area contributed by atoms with E-state index in [4.69, 9.17) is 17.3 Å². The van der Waals surface area contributed by atoms with Crippen LogP contribution < -0.4 is 16.4 Å². The van der Waals surface area contributed by atoms with Crippen molar-refractivity contribution >= 4 is 85.8 Å². The molecule has 0 spiro atoms. The fourth-order valence-electron chi connectivity index (χ4n) is 4.67. The van der Waals surface area contributed by atoms with E-state index in [-0.39, 0.29) is 75.8 Å². The van der Waals surface area contributed by atoms with Crippen LogP contribution in [0.5, 0.6) is 0 Å². The first-order chi connectivity index (χ1) is 17.4. The van der Waals surface area contributed by atoms with Crippen LogP contribution in [0, 0.1) is 20.8 Å². The molecule has 0 heterocycles. The number of ketones is 2. The molecule has 0 saturated carbocycles. The number of rotatable bonds is 6. The van der Waals surface area contributed by atoms with Crippen LogP contribution in [-0.4, -0.2) is 65.9 Å². The molecule has 9 nitrogen and oxygen atoms in total. The number of nitrogen functional groups attached to an aromatic ring is 1. The zero-order valence-corrected chi connectivity index (χ0v) is 24.8. The minimum atomic E-state index is -4.84. The molecule has 38 heavy (non-hydrogen) atoms. The topological polar surface area (TPSA) is 156 Å². The summed E-state index contributed by atoms with van der Waals surface area (Å²) in [4.78, 5) is 38.0. The Bertz CT molecular complexity index is 1620. The van der Waals surface area contributed by atoms with Crippen molar-refractivity contribution in [2.24, 2.45) is 0 Å². The quantitative estimate of drug-likeness (QED) is 0.120. The van der Waals surface area contributed by atoms with E-state index in [2.05, 4.69) is 10.6 Å². The van der Waals surface area contributed by atoms with Crippen molar-refractivity contribution in [2.45, 2.75) is 32.2 Å². The molecule has 1 radical (unpaired) electrons. The fraction of sp³-hybridized carbons (Fsp3) is 0.192. The van der Waals surface area contributed by atoms with E-state index in [0.717, 1.165) is 28.3 Å². The zero-order chi connectivity index (χ0) is 27.2. The Morgan fingerprint density at radius 2 is 1.58 bits per heavy atom. The Kier molecular flexibility index (Phi) is 8.77. The van der Waals surface area contributed by atoms with Crippen molar-refractivity contribution in [1.29, 1.82) is 0 Å². The van der Waals surface area contributed by atoms with Gasteiger partial charge < -0.3 is 16.4 Å². The maximum Gasteiger partial charge on any atom is 0.296 e. The third-order valence-electron chi connectivity index (χ3n) is 6.45. The number of fused-ring (bicyclic) bond motifs is 2. The van der Waals surface area contributed by atoms with Gasteiger partial charge in [0.2, 0.25) is 5.91 Å². The molecule has 193 valence electrons. The third-order valence-corrected chi connectivity index (χ3v) is 7.59. The predicted molar refractivity (Wildman–Crippen MR) is 146 cm³/mol. The number of carbonyl (C=O) groups excluding carboxylic acids is 3. The summed E-state index contributed by atoms with van der Waals surface area (Å²) in [7, 11) is -4.84. The molecule has 1 amide bonds. The Morgan fingerprint density at radius 3 is 2.13 bits per heavy atom. The van der Waals surface area contributed by atoms with Crippen LogP contribution in [0.2, 0.25) is 0 Å². The van der Waals surface area contributed by atoms with Crippen molar-refractivity contribution in [3.05, 3.63) is 80.9 Å².